The van der Waals surface area contributed by atoms with E-state index < -0.39 is 0 Å². The van der Waals surface area contributed by atoms with Gasteiger partial charge in [0.05, 0.1) is 0 Å². The number of hydrogen-bond acceptors (Lipinski definition) is 1. The van der Waals surface area contributed by atoms with Crippen molar-refractivity contribution in [2.24, 2.45) is 0 Å². The molecule has 0 saturated carbocycles. The molecule has 1 aliphatic heterocycles. The minimum absolute atomic E-state index is 0.249. The summed E-state index contributed by atoms with van der Waals surface area (Å²) >= 11 is 0. The first-order chi connectivity index (χ1) is 7.81. The average Bonchev–Trinajstić information content (AvgIpc) is 2.30. The van der Waals surface area contributed by atoms with E-state index in [9.17, 15) is 4.79 Å². The van der Waals surface area contributed by atoms with Crippen LogP contribution >= 0.6 is 0 Å². The third kappa shape index (κ3) is 2.43. The summed E-state index contributed by atoms with van der Waals surface area (Å²) in [6.45, 7) is 3.10. The molecule has 2 heteroatoms. The average molecular weight is 217 g/mol. The van der Waals surface area contributed by atoms with Gasteiger partial charge in [0.2, 0.25) is 5.91 Å². The molecule has 0 unspecified atom stereocenters. The van der Waals surface area contributed by atoms with Gasteiger partial charge in [-0.2, -0.15) is 0 Å². The van der Waals surface area contributed by atoms with Crippen molar-refractivity contribution in [2.45, 2.75) is 39.0 Å². The summed E-state index contributed by atoms with van der Waals surface area (Å²) < 4.78 is 0. The third-order valence-electron chi connectivity index (χ3n) is 3.17. The van der Waals surface area contributed by atoms with Crippen LogP contribution in [0.5, 0.6) is 0 Å². The van der Waals surface area contributed by atoms with E-state index >= 15 is 0 Å². The molecule has 86 valence electrons. The molecule has 1 aromatic rings. The fourth-order valence-corrected chi connectivity index (χ4v) is 2.01. The fourth-order valence-electron chi connectivity index (χ4n) is 2.01. The summed E-state index contributed by atoms with van der Waals surface area (Å²) in [5.74, 6) is 0.249. The van der Waals surface area contributed by atoms with E-state index in [4.69, 9.17) is 0 Å². The number of rotatable bonds is 5. The quantitative estimate of drug-likeness (QED) is 0.548. The van der Waals surface area contributed by atoms with Crippen LogP contribution in [0, 0.1) is 0 Å². The number of hydrogen-bond donors (Lipinski definition) is 0. The molecule has 16 heavy (non-hydrogen) atoms. The normalized spacial score (nSPS) is 15.1. The molecule has 1 saturated heterocycles. The molecule has 0 aliphatic carbocycles. The van der Waals surface area contributed by atoms with Crippen LogP contribution < -0.4 is 4.90 Å². The monoisotopic (exact) mass is 217 g/mol. The summed E-state index contributed by atoms with van der Waals surface area (Å²) in [6, 6.07) is 8.43. The molecular weight excluding hydrogens is 198 g/mol. The Morgan fingerprint density at radius 1 is 1.19 bits per heavy atom. The fraction of sp³-hybridized carbons (Fsp3) is 0.500. The second kappa shape index (κ2) is 5.15. The van der Waals surface area contributed by atoms with Gasteiger partial charge >= 0.3 is 0 Å². The smallest absolute Gasteiger partial charge is 0.228 e. The van der Waals surface area contributed by atoms with Crippen LogP contribution in [0.25, 0.3) is 0 Å². The lowest BCUT2D eigenvalue weighted by atomic mass is 10.1. The number of β-lactam (4-membered cyclic amide) rings is 1. The Balaban J connectivity index is 1.91. The predicted molar refractivity (Wildman–Crippen MR) is 66.6 cm³/mol. The van der Waals surface area contributed by atoms with Crippen molar-refractivity contribution in [2.75, 3.05) is 11.4 Å². The summed E-state index contributed by atoms with van der Waals surface area (Å²) in [5.41, 5.74) is 2.43. The number of unbranched alkanes of at least 4 members (excludes halogenated alkanes) is 2. The minimum Gasteiger partial charge on any atom is -0.312 e. The zero-order chi connectivity index (χ0) is 11.4. The van der Waals surface area contributed by atoms with Crippen molar-refractivity contribution in [3.8, 4) is 0 Å². The van der Waals surface area contributed by atoms with E-state index in [-0.39, 0.29) is 5.91 Å². The molecule has 0 spiro atoms. The van der Waals surface area contributed by atoms with E-state index in [1.54, 1.807) is 0 Å². The maximum atomic E-state index is 11.3. The van der Waals surface area contributed by atoms with E-state index in [0.717, 1.165) is 18.7 Å². The zero-order valence-corrected chi connectivity index (χ0v) is 9.91. The Kier molecular flexibility index (Phi) is 3.60. The Morgan fingerprint density at radius 3 is 2.44 bits per heavy atom. The second-order valence-corrected chi connectivity index (χ2v) is 4.42. The Morgan fingerprint density at radius 2 is 1.94 bits per heavy atom. The zero-order valence-electron chi connectivity index (χ0n) is 9.91. The molecule has 1 aliphatic rings. The van der Waals surface area contributed by atoms with Gasteiger partial charge in [0, 0.05) is 18.7 Å². The number of anilines is 1. The van der Waals surface area contributed by atoms with Gasteiger partial charge in [-0.05, 0) is 30.5 Å². The first-order valence-electron chi connectivity index (χ1n) is 6.20. The SMILES string of the molecule is CCCCCc1ccc(N2CCC2=O)cc1. The number of carbonyl (C=O) groups is 1. The highest BCUT2D eigenvalue weighted by atomic mass is 16.2. The summed E-state index contributed by atoms with van der Waals surface area (Å²) in [6.07, 6.45) is 5.69. The topological polar surface area (TPSA) is 20.3 Å². The van der Waals surface area contributed by atoms with Crippen molar-refractivity contribution in [1.82, 2.24) is 0 Å². The maximum absolute atomic E-state index is 11.3. The molecular formula is C14H19NO. The van der Waals surface area contributed by atoms with Crippen LogP contribution in [-0.2, 0) is 11.2 Å². The molecule has 1 heterocycles. The van der Waals surface area contributed by atoms with Gasteiger partial charge in [-0.25, -0.2) is 0 Å². The number of nitrogens with zero attached hydrogens (tertiary/aromatic N) is 1. The first kappa shape index (κ1) is 11.2. The molecule has 0 atom stereocenters. The van der Waals surface area contributed by atoms with Crippen molar-refractivity contribution in [1.29, 1.82) is 0 Å². The van der Waals surface area contributed by atoms with Crippen LogP contribution in [0.4, 0.5) is 5.69 Å². The molecule has 1 amide bonds. The second-order valence-electron chi connectivity index (χ2n) is 4.42. The van der Waals surface area contributed by atoms with Gasteiger partial charge in [0.1, 0.15) is 0 Å². The van der Waals surface area contributed by atoms with Crippen LogP contribution in [-0.4, -0.2) is 12.5 Å². The lowest BCUT2D eigenvalue weighted by Crippen LogP contribution is -2.43. The molecule has 0 aromatic heterocycles. The van der Waals surface area contributed by atoms with Gasteiger partial charge < -0.3 is 4.90 Å². The molecule has 0 N–H and O–H groups in total. The number of amides is 1. The van der Waals surface area contributed by atoms with Crippen molar-refractivity contribution in [3.05, 3.63) is 29.8 Å². The predicted octanol–water partition coefficient (Wildman–Crippen LogP) is 3.16. The standard InChI is InChI=1S/C14H19NO/c1-2-3-4-5-12-6-8-13(9-7-12)15-11-10-14(15)16/h6-9H,2-5,10-11H2,1H3. The Hall–Kier alpha value is -1.31. The number of carbonyl (C=O) groups excluding carboxylic acids is 1. The number of benzene rings is 1. The highest BCUT2D eigenvalue weighted by molar-refractivity contribution is 5.99. The van der Waals surface area contributed by atoms with E-state index in [0.29, 0.717) is 6.42 Å². The lowest BCUT2D eigenvalue weighted by molar-refractivity contribution is -0.122. The van der Waals surface area contributed by atoms with Crippen molar-refractivity contribution < 1.29 is 4.79 Å². The van der Waals surface area contributed by atoms with Crippen LogP contribution in [0.1, 0.15) is 38.2 Å². The van der Waals surface area contributed by atoms with Gasteiger partial charge in [-0.15, -0.1) is 0 Å². The molecule has 1 aromatic carbocycles. The van der Waals surface area contributed by atoms with Gasteiger partial charge in [0.25, 0.3) is 0 Å². The third-order valence-corrected chi connectivity index (χ3v) is 3.17. The van der Waals surface area contributed by atoms with Crippen LogP contribution in [0.15, 0.2) is 24.3 Å². The summed E-state index contributed by atoms with van der Waals surface area (Å²) in [5, 5.41) is 0. The Bertz CT molecular complexity index is 356. The van der Waals surface area contributed by atoms with Crippen molar-refractivity contribution in [3.63, 3.8) is 0 Å². The summed E-state index contributed by atoms with van der Waals surface area (Å²) in [4.78, 5) is 13.1. The molecule has 2 rings (SSSR count). The van der Waals surface area contributed by atoms with E-state index in [2.05, 4.69) is 31.2 Å². The highest BCUT2D eigenvalue weighted by Crippen LogP contribution is 2.22. The largest absolute Gasteiger partial charge is 0.312 e. The maximum Gasteiger partial charge on any atom is 0.228 e. The van der Waals surface area contributed by atoms with E-state index in [1.165, 1.54) is 24.8 Å². The molecule has 1 fully saturated rings. The molecule has 0 radical (unpaired) electrons. The van der Waals surface area contributed by atoms with Crippen LogP contribution in [0.2, 0.25) is 0 Å². The number of aryl methyl sites for hydroxylation is 1. The minimum atomic E-state index is 0.249. The summed E-state index contributed by atoms with van der Waals surface area (Å²) in [7, 11) is 0. The van der Waals surface area contributed by atoms with Gasteiger partial charge in [-0.1, -0.05) is 31.9 Å². The highest BCUT2D eigenvalue weighted by Gasteiger charge is 2.24. The van der Waals surface area contributed by atoms with Crippen LogP contribution in [0.3, 0.4) is 0 Å². The molecule has 2 nitrogen and oxygen atoms in total. The lowest BCUT2D eigenvalue weighted by Gasteiger charge is -2.30. The first-order valence-corrected chi connectivity index (χ1v) is 6.20. The van der Waals surface area contributed by atoms with Crippen molar-refractivity contribution >= 4 is 11.6 Å². The Labute approximate surface area is 97.3 Å². The van der Waals surface area contributed by atoms with Gasteiger partial charge in [0.15, 0.2) is 0 Å². The van der Waals surface area contributed by atoms with Gasteiger partial charge in [-0.3, -0.25) is 4.79 Å². The van der Waals surface area contributed by atoms with E-state index in [1.807, 2.05) is 4.90 Å². The molecule has 0 bridgehead atoms.